The molecule has 1 N–H and O–H groups in total. The normalized spacial score (nSPS) is 16.5. The third kappa shape index (κ3) is 7.21. The molecule has 44 heavy (non-hydrogen) atoms. The van der Waals surface area contributed by atoms with Crippen molar-refractivity contribution in [1.29, 1.82) is 0 Å². The van der Waals surface area contributed by atoms with Gasteiger partial charge in [0.2, 0.25) is 0 Å². The van der Waals surface area contributed by atoms with Crippen molar-refractivity contribution in [3.63, 3.8) is 0 Å². The van der Waals surface area contributed by atoms with E-state index in [9.17, 15) is 4.79 Å². The van der Waals surface area contributed by atoms with Crippen molar-refractivity contribution in [2.24, 2.45) is 0 Å². The van der Waals surface area contributed by atoms with Gasteiger partial charge in [-0.15, -0.1) is 11.3 Å². The Morgan fingerprint density at radius 1 is 0.932 bits per heavy atom. The SMILES string of the molecule is Cc1ccc(C#Cc2ccc(-c3c(CN4CCN(C)CC4)c(C(=O)NN4CCCCC4)nn3-c3ccc(Cl)cc3Cl)s2)cc1. The van der Waals surface area contributed by atoms with E-state index in [4.69, 9.17) is 28.3 Å². The summed E-state index contributed by atoms with van der Waals surface area (Å²) in [6, 6.07) is 17.7. The molecular formula is C34H36Cl2N6OS. The average molecular weight is 648 g/mol. The number of benzene rings is 2. The van der Waals surface area contributed by atoms with Crippen LogP contribution < -0.4 is 5.43 Å². The maximum atomic E-state index is 14.0. The summed E-state index contributed by atoms with van der Waals surface area (Å²) in [6.45, 7) is 8.10. The fourth-order valence-corrected chi connectivity index (χ4v) is 7.00. The van der Waals surface area contributed by atoms with Crippen LogP contribution in [0.1, 0.15) is 51.3 Å². The van der Waals surface area contributed by atoms with Gasteiger partial charge in [0.05, 0.1) is 26.2 Å². The van der Waals surface area contributed by atoms with Gasteiger partial charge in [-0.1, -0.05) is 59.2 Å². The van der Waals surface area contributed by atoms with E-state index in [2.05, 4.69) is 59.2 Å². The number of carbonyl (C=O) groups is 1. The third-order valence-electron chi connectivity index (χ3n) is 8.15. The van der Waals surface area contributed by atoms with Gasteiger partial charge in [0, 0.05) is 62.0 Å². The summed E-state index contributed by atoms with van der Waals surface area (Å²) in [6.07, 6.45) is 3.31. The van der Waals surface area contributed by atoms with E-state index < -0.39 is 0 Å². The van der Waals surface area contributed by atoms with Crippen molar-refractivity contribution in [3.05, 3.63) is 91.9 Å². The Morgan fingerprint density at radius 3 is 2.41 bits per heavy atom. The number of likely N-dealkylation sites (N-methyl/N-ethyl adjacent to an activating group) is 1. The summed E-state index contributed by atoms with van der Waals surface area (Å²) < 4.78 is 1.82. The molecule has 7 nitrogen and oxygen atoms in total. The van der Waals surface area contributed by atoms with E-state index in [0.29, 0.717) is 28.0 Å². The predicted molar refractivity (Wildman–Crippen MR) is 180 cm³/mol. The van der Waals surface area contributed by atoms with Crippen LogP contribution in [0.15, 0.2) is 54.6 Å². The van der Waals surface area contributed by atoms with Gasteiger partial charge >= 0.3 is 0 Å². The van der Waals surface area contributed by atoms with Crippen molar-refractivity contribution in [2.45, 2.75) is 32.7 Å². The molecule has 2 fully saturated rings. The molecule has 0 spiro atoms. The van der Waals surface area contributed by atoms with Crippen LogP contribution in [0, 0.1) is 18.8 Å². The molecule has 0 saturated carbocycles. The molecule has 6 rings (SSSR count). The van der Waals surface area contributed by atoms with Crippen molar-refractivity contribution in [1.82, 2.24) is 30.0 Å². The number of amides is 1. The van der Waals surface area contributed by atoms with Gasteiger partial charge in [-0.2, -0.15) is 5.10 Å². The fourth-order valence-electron chi connectivity index (χ4n) is 5.60. The average Bonchev–Trinajstić information content (AvgIpc) is 3.63. The van der Waals surface area contributed by atoms with Crippen LogP contribution in [0.5, 0.6) is 0 Å². The minimum Gasteiger partial charge on any atom is -0.304 e. The van der Waals surface area contributed by atoms with Gasteiger partial charge in [0.1, 0.15) is 0 Å². The van der Waals surface area contributed by atoms with Crippen LogP contribution in [0.2, 0.25) is 10.0 Å². The largest absolute Gasteiger partial charge is 0.304 e. The lowest BCUT2D eigenvalue weighted by atomic mass is 10.1. The Bertz CT molecular complexity index is 1690. The van der Waals surface area contributed by atoms with E-state index in [1.165, 1.54) is 12.0 Å². The molecule has 1 amide bonds. The Morgan fingerprint density at radius 2 is 1.68 bits per heavy atom. The minimum absolute atomic E-state index is 0.197. The Hall–Kier alpha value is -3.16. The first-order chi connectivity index (χ1) is 21.3. The van der Waals surface area contributed by atoms with E-state index >= 15 is 0 Å². The van der Waals surface area contributed by atoms with Crippen LogP contribution >= 0.6 is 34.5 Å². The van der Waals surface area contributed by atoms with Gasteiger partial charge in [-0.05, 0) is 69.3 Å². The first kappa shape index (κ1) is 30.8. The van der Waals surface area contributed by atoms with Gasteiger partial charge in [0.15, 0.2) is 5.69 Å². The number of aryl methyl sites for hydroxylation is 1. The summed E-state index contributed by atoms with van der Waals surface area (Å²) in [5, 5.41) is 8.01. The van der Waals surface area contributed by atoms with E-state index in [0.717, 1.165) is 78.7 Å². The zero-order chi connectivity index (χ0) is 30.6. The monoisotopic (exact) mass is 646 g/mol. The number of nitrogens with zero attached hydrogens (tertiary/aromatic N) is 5. The summed E-state index contributed by atoms with van der Waals surface area (Å²) in [4.78, 5) is 20.6. The number of piperidine rings is 1. The molecule has 0 unspecified atom stereocenters. The highest BCUT2D eigenvalue weighted by atomic mass is 35.5. The summed E-state index contributed by atoms with van der Waals surface area (Å²) in [5.74, 6) is 6.42. The number of piperazine rings is 1. The van der Waals surface area contributed by atoms with Crippen LogP contribution in [-0.2, 0) is 6.54 Å². The fraction of sp³-hybridized carbons (Fsp3) is 0.353. The second kappa shape index (κ2) is 13.9. The van der Waals surface area contributed by atoms with Crippen LogP contribution in [-0.4, -0.2) is 76.8 Å². The number of hydrogen-bond donors (Lipinski definition) is 1. The summed E-state index contributed by atoms with van der Waals surface area (Å²) in [7, 11) is 2.14. The molecule has 2 aromatic carbocycles. The maximum Gasteiger partial charge on any atom is 0.286 e. The van der Waals surface area contributed by atoms with Crippen LogP contribution in [0.3, 0.4) is 0 Å². The van der Waals surface area contributed by atoms with Gasteiger partial charge in [0.25, 0.3) is 5.91 Å². The molecule has 2 saturated heterocycles. The number of thiophene rings is 1. The molecule has 228 valence electrons. The van der Waals surface area contributed by atoms with Crippen LogP contribution in [0.25, 0.3) is 16.3 Å². The lowest BCUT2D eigenvalue weighted by Crippen LogP contribution is -2.46. The number of nitrogens with one attached hydrogen (secondary N) is 1. The quantitative estimate of drug-likeness (QED) is 0.243. The Labute approximate surface area is 273 Å². The molecule has 2 aliphatic rings. The molecule has 4 aromatic rings. The molecule has 10 heteroatoms. The van der Waals surface area contributed by atoms with E-state index in [-0.39, 0.29) is 5.91 Å². The van der Waals surface area contributed by atoms with E-state index in [1.54, 1.807) is 23.5 Å². The molecule has 0 radical (unpaired) electrons. The molecule has 4 heterocycles. The highest BCUT2D eigenvalue weighted by Gasteiger charge is 2.29. The highest BCUT2D eigenvalue weighted by molar-refractivity contribution is 7.16. The number of carbonyl (C=O) groups excluding carboxylic acids is 1. The molecule has 2 aromatic heterocycles. The number of hydrogen-bond acceptors (Lipinski definition) is 6. The summed E-state index contributed by atoms with van der Waals surface area (Å²) >= 11 is 14.7. The molecule has 0 bridgehead atoms. The topological polar surface area (TPSA) is 56.6 Å². The number of hydrazine groups is 1. The zero-order valence-electron chi connectivity index (χ0n) is 25.1. The highest BCUT2D eigenvalue weighted by Crippen LogP contribution is 2.37. The molecule has 0 aliphatic carbocycles. The zero-order valence-corrected chi connectivity index (χ0v) is 27.4. The van der Waals surface area contributed by atoms with Crippen molar-refractivity contribution >= 4 is 40.4 Å². The van der Waals surface area contributed by atoms with Crippen molar-refractivity contribution < 1.29 is 4.79 Å². The maximum absolute atomic E-state index is 14.0. The summed E-state index contributed by atoms with van der Waals surface area (Å²) in [5.41, 5.74) is 8.15. The number of aromatic nitrogens is 2. The van der Waals surface area contributed by atoms with E-state index in [1.807, 2.05) is 34.0 Å². The predicted octanol–water partition coefficient (Wildman–Crippen LogP) is 6.49. The first-order valence-corrected chi connectivity index (χ1v) is 16.6. The third-order valence-corrected chi connectivity index (χ3v) is 9.70. The van der Waals surface area contributed by atoms with Gasteiger partial charge in [-0.25, -0.2) is 9.69 Å². The number of halogens is 2. The Balaban J connectivity index is 1.45. The van der Waals surface area contributed by atoms with Crippen LogP contribution in [0.4, 0.5) is 0 Å². The van der Waals surface area contributed by atoms with Crippen molar-refractivity contribution in [2.75, 3.05) is 46.3 Å². The molecule has 2 aliphatic heterocycles. The second-order valence-electron chi connectivity index (χ2n) is 11.5. The molecular weight excluding hydrogens is 611 g/mol. The minimum atomic E-state index is -0.197. The molecule has 0 atom stereocenters. The van der Waals surface area contributed by atoms with Gasteiger partial charge < -0.3 is 4.90 Å². The Kier molecular flexibility index (Phi) is 9.72. The lowest BCUT2D eigenvalue weighted by Gasteiger charge is -2.32. The van der Waals surface area contributed by atoms with Gasteiger partial charge in [-0.3, -0.25) is 15.1 Å². The smallest absolute Gasteiger partial charge is 0.286 e. The lowest BCUT2D eigenvalue weighted by molar-refractivity contribution is 0.0741. The van der Waals surface area contributed by atoms with Crippen molar-refractivity contribution in [3.8, 4) is 28.1 Å². The second-order valence-corrected chi connectivity index (χ2v) is 13.5. The first-order valence-electron chi connectivity index (χ1n) is 15.1. The standard InChI is InChI=1S/C34H36Cl2N6OS/c1-24-6-8-25(9-7-24)10-12-27-13-15-31(44-27)33-28(23-40-20-18-39(2)19-21-40)32(34(43)38-41-16-4-3-5-17-41)37-42(33)30-14-11-26(35)22-29(30)36/h6-9,11,13-15,22H,3-5,16-21,23H2,1-2H3,(H,38,43). The number of rotatable bonds is 6.